The molecular weight excluding hydrogens is 430 g/mol. The Labute approximate surface area is 197 Å². The van der Waals surface area contributed by atoms with Crippen LogP contribution in [-0.4, -0.2) is 26.8 Å². The number of rotatable bonds is 6. The van der Waals surface area contributed by atoms with Crippen LogP contribution in [-0.2, 0) is 0 Å². The smallest absolute Gasteiger partial charge is 0.323 e. The first-order valence-corrected chi connectivity index (χ1v) is 10.8. The van der Waals surface area contributed by atoms with E-state index in [9.17, 15) is 14.7 Å². The van der Waals surface area contributed by atoms with Gasteiger partial charge < -0.3 is 21.1 Å². The molecule has 0 bridgehead atoms. The van der Waals surface area contributed by atoms with E-state index in [2.05, 4.69) is 34.9 Å². The van der Waals surface area contributed by atoms with Crippen molar-refractivity contribution >= 4 is 29.0 Å². The van der Waals surface area contributed by atoms with Gasteiger partial charge in [-0.25, -0.2) is 9.48 Å². The van der Waals surface area contributed by atoms with Crippen LogP contribution in [0.4, 0.5) is 21.9 Å². The highest BCUT2D eigenvalue weighted by Gasteiger charge is 2.18. The molecule has 0 unspecified atom stereocenters. The summed E-state index contributed by atoms with van der Waals surface area (Å²) >= 11 is 0. The third-order valence-corrected chi connectivity index (χ3v) is 5.12. The summed E-state index contributed by atoms with van der Waals surface area (Å²) in [5.74, 6) is -0.464. The van der Waals surface area contributed by atoms with Gasteiger partial charge in [-0.2, -0.15) is 5.10 Å². The number of nitrogens with one attached hydrogen (secondary N) is 3. The Kier molecular flexibility index (Phi) is 6.59. The van der Waals surface area contributed by atoms with Gasteiger partial charge in [0, 0.05) is 17.1 Å². The van der Waals surface area contributed by atoms with Gasteiger partial charge in [0.15, 0.2) is 11.4 Å². The lowest BCUT2D eigenvalue weighted by molar-refractivity contribution is 0.101. The lowest BCUT2D eigenvalue weighted by Crippen LogP contribution is -2.19. The third kappa shape index (κ3) is 5.42. The first-order valence-electron chi connectivity index (χ1n) is 10.8. The average molecular weight is 456 g/mol. The molecule has 8 heteroatoms. The standard InChI is InChI=1S/C26H25N5O3/c1-17(2)18-8-6-13-22(14-18)31-16-23(32)24(30-31)25(33)27-20-11-7-12-21(15-20)29-26(34)28-19-9-4-3-5-10-19/h3-17,32H,1-2H3,(H,27,33)(H2,28,29,34). The minimum atomic E-state index is -0.567. The van der Waals surface area contributed by atoms with Crippen molar-refractivity contribution in [2.24, 2.45) is 0 Å². The number of carbonyl (C=O) groups is 2. The molecule has 172 valence electrons. The molecule has 34 heavy (non-hydrogen) atoms. The van der Waals surface area contributed by atoms with Crippen molar-refractivity contribution in [3.8, 4) is 11.4 Å². The maximum atomic E-state index is 12.8. The highest BCUT2D eigenvalue weighted by Crippen LogP contribution is 2.23. The molecule has 4 aromatic rings. The molecule has 1 aromatic heterocycles. The van der Waals surface area contributed by atoms with E-state index in [1.165, 1.54) is 10.9 Å². The number of aromatic nitrogens is 2. The molecule has 0 radical (unpaired) electrons. The number of benzene rings is 3. The summed E-state index contributed by atoms with van der Waals surface area (Å²) in [5.41, 5.74) is 3.37. The lowest BCUT2D eigenvalue weighted by Gasteiger charge is -2.10. The van der Waals surface area contributed by atoms with Crippen LogP contribution in [0.25, 0.3) is 5.69 Å². The van der Waals surface area contributed by atoms with Gasteiger partial charge in [-0.1, -0.05) is 50.2 Å². The van der Waals surface area contributed by atoms with Crippen molar-refractivity contribution in [1.29, 1.82) is 0 Å². The quantitative estimate of drug-likeness (QED) is 0.304. The maximum Gasteiger partial charge on any atom is 0.323 e. The van der Waals surface area contributed by atoms with Crippen LogP contribution in [0.5, 0.6) is 5.75 Å². The van der Waals surface area contributed by atoms with E-state index in [4.69, 9.17) is 0 Å². The van der Waals surface area contributed by atoms with E-state index in [1.807, 2.05) is 42.5 Å². The van der Waals surface area contributed by atoms with E-state index in [0.717, 1.165) is 11.3 Å². The summed E-state index contributed by atoms with van der Waals surface area (Å²) in [7, 11) is 0. The fraction of sp³-hybridized carbons (Fsp3) is 0.115. The highest BCUT2D eigenvalue weighted by atomic mass is 16.3. The van der Waals surface area contributed by atoms with Gasteiger partial charge in [0.25, 0.3) is 5.91 Å². The highest BCUT2D eigenvalue weighted by molar-refractivity contribution is 6.05. The first-order chi connectivity index (χ1) is 16.4. The Morgan fingerprint density at radius 3 is 2.21 bits per heavy atom. The van der Waals surface area contributed by atoms with E-state index >= 15 is 0 Å². The third-order valence-electron chi connectivity index (χ3n) is 5.12. The Morgan fingerprint density at radius 2 is 1.47 bits per heavy atom. The van der Waals surface area contributed by atoms with Crippen molar-refractivity contribution < 1.29 is 14.7 Å². The topological polar surface area (TPSA) is 108 Å². The molecule has 3 aromatic carbocycles. The molecule has 0 atom stereocenters. The summed E-state index contributed by atoms with van der Waals surface area (Å²) < 4.78 is 1.47. The summed E-state index contributed by atoms with van der Waals surface area (Å²) in [4.78, 5) is 25.0. The van der Waals surface area contributed by atoms with Gasteiger partial charge >= 0.3 is 6.03 Å². The molecule has 0 aliphatic rings. The second-order valence-corrected chi connectivity index (χ2v) is 8.04. The Morgan fingerprint density at radius 1 is 0.824 bits per heavy atom. The fourth-order valence-electron chi connectivity index (χ4n) is 3.37. The van der Waals surface area contributed by atoms with Crippen LogP contribution in [0, 0.1) is 0 Å². The number of amides is 3. The number of hydrogen-bond donors (Lipinski definition) is 4. The van der Waals surface area contributed by atoms with Gasteiger partial charge in [-0.3, -0.25) is 4.79 Å². The zero-order chi connectivity index (χ0) is 24.1. The van der Waals surface area contributed by atoms with Crippen LogP contribution >= 0.6 is 0 Å². The van der Waals surface area contributed by atoms with Crippen molar-refractivity contribution in [3.63, 3.8) is 0 Å². The molecule has 0 aliphatic carbocycles. The van der Waals surface area contributed by atoms with Crippen LogP contribution in [0.2, 0.25) is 0 Å². The fourth-order valence-corrected chi connectivity index (χ4v) is 3.37. The first kappa shape index (κ1) is 22.6. The summed E-state index contributed by atoms with van der Waals surface area (Å²) in [6, 6.07) is 23.1. The van der Waals surface area contributed by atoms with E-state index < -0.39 is 11.9 Å². The molecule has 1 heterocycles. The molecule has 4 N–H and O–H groups in total. The molecule has 3 amide bonds. The average Bonchev–Trinajstić information content (AvgIpc) is 3.22. The van der Waals surface area contributed by atoms with Crippen LogP contribution in [0.3, 0.4) is 0 Å². The van der Waals surface area contributed by atoms with E-state index in [-0.39, 0.29) is 11.4 Å². The van der Waals surface area contributed by atoms with Crippen LogP contribution < -0.4 is 16.0 Å². The Hall–Kier alpha value is -4.59. The zero-order valence-electron chi connectivity index (χ0n) is 18.8. The molecular formula is C26H25N5O3. The van der Waals surface area contributed by atoms with Gasteiger partial charge in [-0.05, 0) is 53.9 Å². The van der Waals surface area contributed by atoms with Gasteiger partial charge in [0.1, 0.15) is 0 Å². The Bertz CT molecular complexity index is 1320. The monoisotopic (exact) mass is 455 g/mol. The number of anilines is 3. The number of urea groups is 1. The zero-order valence-corrected chi connectivity index (χ0v) is 18.8. The van der Waals surface area contributed by atoms with Crippen molar-refractivity contribution in [3.05, 3.63) is 96.3 Å². The predicted octanol–water partition coefficient (Wildman–Crippen LogP) is 5.60. The largest absolute Gasteiger partial charge is 0.504 e. The number of hydrogen-bond acceptors (Lipinski definition) is 4. The van der Waals surface area contributed by atoms with Crippen LogP contribution in [0.15, 0.2) is 85.1 Å². The minimum absolute atomic E-state index is 0.102. The van der Waals surface area contributed by atoms with Gasteiger partial charge in [-0.15, -0.1) is 0 Å². The van der Waals surface area contributed by atoms with Crippen molar-refractivity contribution in [2.45, 2.75) is 19.8 Å². The SMILES string of the molecule is CC(C)c1cccc(-n2cc(O)c(C(=O)Nc3cccc(NC(=O)Nc4ccccc4)c3)n2)c1. The second kappa shape index (κ2) is 9.91. The normalized spacial score (nSPS) is 10.7. The van der Waals surface area contributed by atoms with Gasteiger partial charge in [0.2, 0.25) is 0 Å². The van der Waals surface area contributed by atoms with E-state index in [1.54, 1.807) is 36.4 Å². The number of carbonyl (C=O) groups excluding carboxylic acids is 2. The lowest BCUT2D eigenvalue weighted by atomic mass is 10.0. The molecule has 0 spiro atoms. The second-order valence-electron chi connectivity index (χ2n) is 8.04. The summed E-state index contributed by atoms with van der Waals surface area (Å²) in [6.45, 7) is 4.18. The maximum absolute atomic E-state index is 12.8. The van der Waals surface area contributed by atoms with Crippen molar-refractivity contribution in [1.82, 2.24) is 9.78 Å². The summed E-state index contributed by atoms with van der Waals surface area (Å²) in [5, 5.41) is 22.8. The molecule has 0 saturated carbocycles. The summed E-state index contributed by atoms with van der Waals surface area (Å²) in [6.07, 6.45) is 1.40. The molecule has 0 aliphatic heterocycles. The number of nitrogens with zero attached hydrogens (tertiary/aromatic N) is 2. The molecule has 8 nitrogen and oxygen atoms in total. The molecule has 4 rings (SSSR count). The minimum Gasteiger partial charge on any atom is -0.504 e. The van der Waals surface area contributed by atoms with Crippen LogP contribution in [0.1, 0.15) is 35.8 Å². The number of aromatic hydroxyl groups is 1. The number of para-hydroxylation sites is 1. The molecule has 0 saturated heterocycles. The van der Waals surface area contributed by atoms with Gasteiger partial charge in [0.05, 0.1) is 11.9 Å². The van der Waals surface area contributed by atoms with E-state index in [0.29, 0.717) is 23.0 Å². The predicted molar refractivity (Wildman–Crippen MR) is 133 cm³/mol. The molecule has 0 fully saturated rings. The van der Waals surface area contributed by atoms with Crippen molar-refractivity contribution in [2.75, 3.05) is 16.0 Å². The Balaban J connectivity index is 1.45.